The largest absolute Gasteiger partial charge is 0.484 e. The molecule has 7 nitrogen and oxygen atoms in total. The van der Waals surface area contributed by atoms with Crippen LogP contribution in [0.2, 0.25) is 0 Å². The zero-order valence-electron chi connectivity index (χ0n) is 20.2. The van der Waals surface area contributed by atoms with Crippen LogP contribution in [0, 0.1) is 6.92 Å². The van der Waals surface area contributed by atoms with Gasteiger partial charge in [-0.05, 0) is 49.1 Å². The molecule has 0 saturated heterocycles. The van der Waals surface area contributed by atoms with E-state index in [-0.39, 0.29) is 30.2 Å². The summed E-state index contributed by atoms with van der Waals surface area (Å²) in [4.78, 5) is 32.8. The van der Waals surface area contributed by atoms with E-state index in [9.17, 15) is 9.59 Å². The third-order valence-electron chi connectivity index (χ3n) is 6.32. The minimum absolute atomic E-state index is 0.106. The number of oxazole rings is 1. The zero-order valence-corrected chi connectivity index (χ0v) is 20.2. The van der Waals surface area contributed by atoms with Gasteiger partial charge in [0, 0.05) is 26.6 Å². The molecule has 2 amide bonds. The molecule has 0 radical (unpaired) electrons. The molecule has 0 aliphatic carbocycles. The SMILES string of the molecule is CCC(=O)N1CCc2ccc(OCc3nc(C(=O)N(C)CC)co3)cc2C1c1ccc(C)cc1. The third-order valence-corrected chi connectivity index (χ3v) is 6.32. The maximum atomic E-state index is 12.8. The Balaban J connectivity index is 1.58. The lowest BCUT2D eigenvalue weighted by Gasteiger charge is -2.38. The van der Waals surface area contributed by atoms with Crippen LogP contribution in [0.5, 0.6) is 5.75 Å². The highest BCUT2D eigenvalue weighted by molar-refractivity contribution is 5.91. The van der Waals surface area contributed by atoms with Crippen LogP contribution >= 0.6 is 0 Å². The maximum Gasteiger partial charge on any atom is 0.275 e. The van der Waals surface area contributed by atoms with Crippen molar-refractivity contribution in [3.8, 4) is 5.75 Å². The highest BCUT2D eigenvalue weighted by atomic mass is 16.5. The van der Waals surface area contributed by atoms with Crippen LogP contribution in [0.3, 0.4) is 0 Å². The summed E-state index contributed by atoms with van der Waals surface area (Å²) >= 11 is 0. The van der Waals surface area contributed by atoms with Gasteiger partial charge in [-0.2, -0.15) is 0 Å². The molecular weight excluding hydrogens is 430 g/mol. The van der Waals surface area contributed by atoms with E-state index < -0.39 is 0 Å². The number of amides is 2. The van der Waals surface area contributed by atoms with Gasteiger partial charge in [0.05, 0.1) is 6.04 Å². The van der Waals surface area contributed by atoms with Crippen LogP contribution in [-0.4, -0.2) is 46.7 Å². The van der Waals surface area contributed by atoms with Gasteiger partial charge in [-0.1, -0.05) is 42.8 Å². The van der Waals surface area contributed by atoms with Gasteiger partial charge in [0.1, 0.15) is 12.0 Å². The summed E-state index contributed by atoms with van der Waals surface area (Å²) in [6, 6.07) is 14.2. The summed E-state index contributed by atoms with van der Waals surface area (Å²) in [5.41, 5.74) is 4.81. The first-order chi connectivity index (χ1) is 16.4. The Hall–Kier alpha value is -3.61. The number of hydrogen-bond acceptors (Lipinski definition) is 5. The Labute approximate surface area is 200 Å². The van der Waals surface area contributed by atoms with Crippen molar-refractivity contribution in [1.29, 1.82) is 0 Å². The topological polar surface area (TPSA) is 75.9 Å². The summed E-state index contributed by atoms with van der Waals surface area (Å²) in [5.74, 6) is 0.950. The smallest absolute Gasteiger partial charge is 0.275 e. The molecule has 1 aromatic heterocycles. The first kappa shape index (κ1) is 23.5. The molecule has 7 heteroatoms. The Kier molecular flexibility index (Phi) is 7.01. The highest BCUT2D eigenvalue weighted by Crippen LogP contribution is 2.37. The van der Waals surface area contributed by atoms with E-state index in [0.717, 1.165) is 17.5 Å². The predicted molar refractivity (Wildman–Crippen MR) is 129 cm³/mol. The molecule has 2 heterocycles. The fraction of sp³-hybridized carbons (Fsp3) is 0.370. The highest BCUT2D eigenvalue weighted by Gasteiger charge is 2.31. The average molecular weight is 462 g/mol. The number of ether oxygens (including phenoxy) is 1. The van der Waals surface area contributed by atoms with Gasteiger partial charge in [-0.15, -0.1) is 0 Å². The van der Waals surface area contributed by atoms with Crippen molar-refractivity contribution in [2.75, 3.05) is 20.1 Å². The molecule has 2 aromatic carbocycles. The molecule has 3 aromatic rings. The fourth-order valence-corrected chi connectivity index (χ4v) is 4.22. The number of rotatable bonds is 7. The van der Waals surface area contributed by atoms with Crippen LogP contribution in [0.1, 0.15) is 64.9 Å². The van der Waals surface area contributed by atoms with Crippen LogP contribution < -0.4 is 4.74 Å². The van der Waals surface area contributed by atoms with Gasteiger partial charge < -0.3 is 19.0 Å². The summed E-state index contributed by atoms with van der Waals surface area (Å²) in [5, 5.41) is 0. The molecule has 4 rings (SSSR count). The fourth-order valence-electron chi connectivity index (χ4n) is 4.22. The summed E-state index contributed by atoms with van der Waals surface area (Å²) < 4.78 is 11.4. The summed E-state index contributed by atoms with van der Waals surface area (Å²) in [6.45, 7) is 7.24. The average Bonchev–Trinajstić information content (AvgIpc) is 3.35. The van der Waals surface area contributed by atoms with E-state index in [0.29, 0.717) is 31.2 Å². The van der Waals surface area contributed by atoms with Crippen molar-refractivity contribution >= 4 is 11.8 Å². The minimum Gasteiger partial charge on any atom is -0.484 e. The van der Waals surface area contributed by atoms with E-state index in [1.807, 2.05) is 30.9 Å². The van der Waals surface area contributed by atoms with Gasteiger partial charge in [0.2, 0.25) is 11.8 Å². The molecule has 0 bridgehead atoms. The van der Waals surface area contributed by atoms with E-state index in [1.54, 1.807) is 11.9 Å². The molecule has 0 saturated carbocycles. The number of fused-ring (bicyclic) bond motifs is 1. The summed E-state index contributed by atoms with van der Waals surface area (Å²) in [6.07, 6.45) is 2.63. The lowest BCUT2D eigenvalue weighted by atomic mass is 9.87. The van der Waals surface area contributed by atoms with Crippen molar-refractivity contribution < 1.29 is 18.7 Å². The molecule has 1 unspecified atom stereocenters. The first-order valence-corrected chi connectivity index (χ1v) is 11.7. The number of benzene rings is 2. The van der Waals surface area contributed by atoms with Crippen LogP contribution in [-0.2, 0) is 17.8 Å². The number of hydrogen-bond donors (Lipinski definition) is 0. The van der Waals surface area contributed by atoms with Crippen LogP contribution in [0.25, 0.3) is 0 Å². The second kappa shape index (κ2) is 10.1. The van der Waals surface area contributed by atoms with Gasteiger partial charge in [0.25, 0.3) is 5.91 Å². The normalized spacial score (nSPS) is 15.1. The number of nitrogens with zero attached hydrogens (tertiary/aromatic N) is 3. The quantitative estimate of drug-likeness (QED) is 0.516. The van der Waals surface area contributed by atoms with Crippen LogP contribution in [0.4, 0.5) is 0 Å². The number of aromatic nitrogens is 1. The molecule has 0 spiro atoms. The number of aryl methyl sites for hydroxylation is 1. The molecule has 1 aliphatic rings. The lowest BCUT2D eigenvalue weighted by molar-refractivity contribution is -0.132. The molecule has 34 heavy (non-hydrogen) atoms. The van der Waals surface area contributed by atoms with E-state index in [4.69, 9.17) is 9.15 Å². The van der Waals surface area contributed by atoms with Crippen molar-refractivity contribution in [3.63, 3.8) is 0 Å². The maximum absolute atomic E-state index is 12.8. The molecule has 0 N–H and O–H groups in total. The molecular formula is C27H31N3O4. The van der Waals surface area contributed by atoms with Gasteiger partial charge in [-0.25, -0.2) is 4.98 Å². The van der Waals surface area contributed by atoms with Gasteiger partial charge in [0.15, 0.2) is 12.3 Å². The lowest BCUT2D eigenvalue weighted by Crippen LogP contribution is -2.40. The Morgan fingerprint density at radius 3 is 2.65 bits per heavy atom. The number of carbonyl (C=O) groups excluding carboxylic acids is 2. The minimum atomic E-state index is -0.187. The zero-order chi connectivity index (χ0) is 24.2. The molecule has 1 aliphatic heterocycles. The Morgan fingerprint density at radius 1 is 1.18 bits per heavy atom. The van der Waals surface area contributed by atoms with E-state index in [1.165, 1.54) is 17.4 Å². The van der Waals surface area contributed by atoms with Gasteiger partial charge in [-0.3, -0.25) is 9.59 Å². The monoisotopic (exact) mass is 461 g/mol. The standard InChI is InChI=1S/C27H31N3O4/c1-5-25(31)30-14-13-19-11-12-21(15-22(19)26(30)20-9-7-18(3)8-10-20)33-17-24-28-23(16-34-24)27(32)29(4)6-2/h7-12,15-16,26H,5-6,13-14,17H2,1-4H3. The second-order valence-corrected chi connectivity index (χ2v) is 8.60. The van der Waals surface area contributed by atoms with E-state index >= 15 is 0 Å². The van der Waals surface area contributed by atoms with Crippen molar-refractivity contribution in [2.24, 2.45) is 0 Å². The molecule has 178 valence electrons. The number of carbonyl (C=O) groups is 2. The third kappa shape index (κ3) is 4.83. The molecule has 1 atom stereocenters. The predicted octanol–water partition coefficient (Wildman–Crippen LogP) is 4.54. The molecule has 0 fully saturated rings. The van der Waals surface area contributed by atoms with Crippen molar-refractivity contribution in [1.82, 2.24) is 14.8 Å². The van der Waals surface area contributed by atoms with Crippen LogP contribution in [0.15, 0.2) is 53.1 Å². The van der Waals surface area contributed by atoms with Crippen molar-refractivity contribution in [2.45, 2.75) is 46.3 Å². The Morgan fingerprint density at radius 2 is 1.94 bits per heavy atom. The van der Waals surface area contributed by atoms with Crippen molar-refractivity contribution in [3.05, 3.63) is 82.6 Å². The Bertz CT molecular complexity index is 1170. The van der Waals surface area contributed by atoms with E-state index in [2.05, 4.69) is 42.2 Å². The summed E-state index contributed by atoms with van der Waals surface area (Å²) in [7, 11) is 1.72. The first-order valence-electron chi connectivity index (χ1n) is 11.7. The van der Waals surface area contributed by atoms with Gasteiger partial charge >= 0.3 is 0 Å². The second-order valence-electron chi connectivity index (χ2n) is 8.60.